The first-order chi connectivity index (χ1) is 11.2. The van der Waals surface area contributed by atoms with Crippen LogP contribution in [0, 0.1) is 0 Å². The van der Waals surface area contributed by atoms with Crippen LogP contribution in [0.2, 0.25) is 0 Å². The SMILES string of the molecule is C[C@@H]1OC[C@H]2O[C@H](O)[C@H](OC(=O)C(Cl)Cl)[C@H](OC(=O)C(Cl)Cl)[C@@H]2O1. The predicted octanol–water partition coefficient (Wildman–Crippen LogP) is 0.896. The fraction of sp³-hybridized carbons (Fsp3) is 0.833. The number of aliphatic hydroxyl groups excluding tert-OH is 1. The van der Waals surface area contributed by atoms with Gasteiger partial charge >= 0.3 is 11.9 Å². The van der Waals surface area contributed by atoms with E-state index in [0.717, 1.165) is 0 Å². The third-order valence-corrected chi connectivity index (χ3v) is 4.03. The summed E-state index contributed by atoms with van der Waals surface area (Å²) in [5, 5.41) is 10.1. The second-order valence-electron chi connectivity index (χ2n) is 4.97. The summed E-state index contributed by atoms with van der Waals surface area (Å²) in [6.07, 6.45) is -6.64. The lowest BCUT2D eigenvalue weighted by molar-refractivity contribution is -0.350. The number of alkyl halides is 4. The summed E-state index contributed by atoms with van der Waals surface area (Å²) in [5.74, 6) is -2.06. The van der Waals surface area contributed by atoms with Gasteiger partial charge in [0.05, 0.1) is 6.61 Å². The number of esters is 2. The lowest BCUT2D eigenvalue weighted by Gasteiger charge is -2.46. The van der Waals surface area contributed by atoms with Crippen molar-refractivity contribution in [1.29, 1.82) is 0 Å². The van der Waals surface area contributed by atoms with Crippen molar-refractivity contribution in [1.82, 2.24) is 0 Å². The van der Waals surface area contributed by atoms with Gasteiger partial charge in [-0.25, -0.2) is 9.59 Å². The van der Waals surface area contributed by atoms with Crippen molar-refractivity contribution in [3.05, 3.63) is 0 Å². The maximum absolute atomic E-state index is 11.8. The number of ether oxygens (including phenoxy) is 5. The average Bonchev–Trinajstić information content (AvgIpc) is 2.50. The second kappa shape index (κ2) is 8.55. The summed E-state index contributed by atoms with van der Waals surface area (Å²) in [7, 11) is 0. The fourth-order valence-electron chi connectivity index (χ4n) is 2.32. The van der Waals surface area contributed by atoms with Gasteiger partial charge < -0.3 is 28.8 Å². The number of fused-ring (bicyclic) bond motifs is 1. The molecule has 0 amide bonds. The monoisotopic (exact) mass is 426 g/mol. The van der Waals surface area contributed by atoms with E-state index in [0.29, 0.717) is 0 Å². The van der Waals surface area contributed by atoms with Crippen LogP contribution >= 0.6 is 46.4 Å². The number of aliphatic hydroxyl groups is 1. The predicted molar refractivity (Wildman–Crippen MR) is 81.9 cm³/mol. The molecule has 12 heteroatoms. The molecular formula is C12H14Cl4O8. The largest absolute Gasteiger partial charge is 0.453 e. The van der Waals surface area contributed by atoms with Crippen LogP contribution in [0.1, 0.15) is 6.92 Å². The first-order valence-electron chi connectivity index (χ1n) is 6.78. The molecule has 2 heterocycles. The quantitative estimate of drug-likeness (QED) is 0.521. The van der Waals surface area contributed by atoms with E-state index >= 15 is 0 Å². The Morgan fingerprint density at radius 1 is 1.04 bits per heavy atom. The van der Waals surface area contributed by atoms with Crippen molar-refractivity contribution in [2.24, 2.45) is 0 Å². The summed E-state index contributed by atoms with van der Waals surface area (Å²) in [6, 6.07) is 0. The van der Waals surface area contributed by atoms with Crippen molar-refractivity contribution < 1.29 is 38.4 Å². The minimum atomic E-state index is -1.63. The van der Waals surface area contributed by atoms with Crippen molar-refractivity contribution in [3.8, 4) is 0 Å². The van der Waals surface area contributed by atoms with Gasteiger partial charge in [0.2, 0.25) is 9.67 Å². The Balaban J connectivity index is 2.23. The third-order valence-electron chi connectivity index (χ3n) is 3.31. The summed E-state index contributed by atoms with van der Waals surface area (Å²) in [5.41, 5.74) is 0. The van der Waals surface area contributed by atoms with Crippen LogP contribution in [0.15, 0.2) is 0 Å². The molecule has 0 aromatic heterocycles. The Hall–Kier alpha value is -0.0600. The molecule has 6 atom stereocenters. The van der Waals surface area contributed by atoms with E-state index in [1.54, 1.807) is 6.92 Å². The van der Waals surface area contributed by atoms with Crippen molar-refractivity contribution in [2.75, 3.05) is 6.61 Å². The summed E-state index contributed by atoms with van der Waals surface area (Å²) in [6.45, 7) is 1.68. The van der Waals surface area contributed by atoms with E-state index in [2.05, 4.69) is 0 Å². The Bertz CT molecular complexity index is 476. The minimum Gasteiger partial charge on any atom is -0.453 e. The van der Waals surface area contributed by atoms with Crippen LogP contribution in [-0.4, -0.2) is 70.3 Å². The van der Waals surface area contributed by atoms with Gasteiger partial charge in [0.1, 0.15) is 12.2 Å². The number of carbonyl (C=O) groups excluding carboxylic acids is 2. The highest BCUT2D eigenvalue weighted by atomic mass is 35.5. The van der Waals surface area contributed by atoms with E-state index < -0.39 is 58.6 Å². The molecule has 0 unspecified atom stereocenters. The Labute approximate surface area is 157 Å². The van der Waals surface area contributed by atoms with Gasteiger partial charge in [-0.3, -0.25) is 0 Å². The highest BCUT2D eigenvalue weighted by Gasteiger charge is 2.53. The van der Waals surface area contributed by atoms with E-state index in [9.17, 15) is 14.7 Å². The lowest BCUT2D eigenvalue weighted by atomic mass is 9.97. The Morgan fingerprint density at radius 3 is 2.12 bits per heavy atom. The van der Waals surface area contributed by atoms with Gasteiger partial charge in [-0.15, -0.1) is 0 Å². The molecule has 0 aromatic carbocycles. The van der Waals surface area contributed by atoms with Crippen LogP contribution < -0.4 is 0 Å². The van der Waals surface area contributed by atoms with E-state index in [1.165, 1.54) is 0 Å². The molecular weight excluding hydrogens is 414 g/mol. The van der Waals surface area contributed by atoms with Crippen molar-refractivity contribution in [2.45, 2.75) is 53.6 Å². The summed E-state index contributed by atoms with van der Waals surface area (Å²) < 4.78 is 26.2. The molecule has 2 aliphatic heterocycles. The maximum Gasteiger partial charge on any atom is 0.340 e. The Morgan fingerprint density at radius 2 is 1.58 bits per heavy atom. The van der Waals surface area contributed by atoms with E-state index in [4.69, 9.17) is 70.1 Å². The lowest BCUT2D eigenvalue weighted by Crippen LogP contribution is -2.64. The highest BCUT2D eigenvalue weighted by Crippen LogP contribution is 2.32. The maximum atomic E-state index is 11.8. The Kier molecular flexibility index (Phi) is 7.21. The van der Waals surface area contributed by atoms with Gasteiger partial charge in [0.15, 0.2) is 24.8 Å². The molecule has 24 heavy (non-hydrogen) atoms. The standard InChI is InChI=1S/C12H14Cl4O8/c1-3-20-2-4-5(21-3)6(23-11(18)8(13)14)7(10(17)22-4)24-12(19)9(15)16/h3-10,17H,2H2,1H3/t3-,4-,5-,6-,7-,10+/m1/s1. The molecule has 1 N–H and O–H groups in total. The average molecular weight is 428 g/mol. The molecule has 2 rings (SSSR count). The fourth-order valence-corrected chi connectivity index (χ4v) is 2.52. The molecule has 2 fully saturated rings. The molecule has 0 radical (unpaired) electrons. The van der Waals surface area contributed by atoms with E-state index in [-0.39, 0.29) is 6.61 Å². The zero-order chi connectivity index (χ0) is 18.0. The van der Waals surface area contributed by atoms with Gasteiger partial charge in [0.25, 0.3) is 0 Å². The molecule has 0 aromatic rings. The molecule has 0 saturated carbocycles. The number of halogens is 4. The second-order valence-corrected chi connectivity index (χ2v) is 7.16. The zero-order valence-electron chi connectivity index (χ0n) is 12.1. The summed E-state index contributed by atoms with van der Waals surface area (Å²) in [4.78, 5) is 20.4. The van der Waals surface area contributed by atoms with Gasteiger partial charge in [-0.05, 0) is 6.92 Å². The normalized spacial score (nSPS) is 36.3. The van der Waals surface area contributed by atoms with Gasteiger partial charge in [0, 0.05) is 0 Å². The van der Waals surface area contributed by atoms with Crippen LogP contribution in [0.5, 0.6) is 0 Å². The first-order valence-corrected chi connectivity index (χ1v) is 8.53. The smallest absolute Gasteiger partial charge is 0.340 e. The minimum absolute atomic E-state index is 0.0659. The number of hydrogen-bond acceptors (Lipinski definition) is 8. The van der Waals surface area contributed by atoms with Gasteiger partial charge in [-0.1, -0.05) is 46.4 Å². The molecule has 8 nitrogen and oxygen atoms in total. The molecule has 0 bridgehead atoms. The highest BCUT2D eigenvalue weighted by molar-refractivity contribution is 6.53. The van der Waals surface area contributed by atoms with Crippen LogP contribution in [0.25, 0.3) is 0 Å². The number of hydrogen-bond donors (Lipinski definition) is 1. The first kappa shape index (κ1) is 20.3. The molecule has 138 valence electrons. The van der Waals surface area contributed by atoms with Crippen LogP contribution in [0.4, 0.5) is 0 Å². The summed E-state index contributed by atoms with van der Waals surface area (Å²) >= 11 is 21.8. The van der Waals surface area contributed by atoms with Crippen LogP contribution in [0.3, 0.4) is 0 Å². The van der Waals surface area contributed by atoms with Gasteiger partial charge in [-0.2, -0.15) is 0 Å². The number of carbonyl (C=O) groups is 2. The zero-order valence-corrected chi connectivity index (χ0v) is 15.2. The van der Waals surface area contributed by atoms with Crippen molar-refractivity contribution >= 4 is 58.3 Å². The van der Waals surface area contributed by atoms with Crippen LogP contribution in [-0.2, 0) is 33.3 Å². The molecule has 2 saturated heterocycles. The van der Waals surface area contributed by atoms with E-state index in [1.807, 2.05) is 0 Å². The topological polar surface area (TPSA) is 101 Å². The van der Waals surface area contributed by atoms with Crippen molar-refractivity contribution in [3.63, 3.8) is 0 Å². The molecule has 0 aliphatic carbocycles. The molecule has 2 aliphatic rings. The number of rotatable bonds is 4. The third kappa shape index (κ3) is 4.76. The molecule has 0 spiro atoms.